The van der Waals surface area contributed by atoms with Crippen LogP contribution in [0.1, 0.15) is 5.56 Å². The van der Waals surface area contributed by atoms with Crippen molar-refractivity contribution in [1.82, 2.24) is 14.8 Å². The number of hydrogen-bond donors (Lipinski definition) is 0. The molecule has 88 valence electrons. The predicted octanol–water partition coefficient (Wildman–Crippen LogP) is 1.59. The van der Waals surface area contributed by atoms with E-state index in [2.05, 4.69) is 42.8 Å². The Morgan fingerprint density at radius 1 is 1.06 bits per heavy atom. The van der Waals surface area contributed by atoms with Gasteiger partial charge in [0.05, 0.1) is 0 Å². The van der Waals surface area contributed by atoms with Gasteiger partial charge < -0.3 is 0 Å². The molecule has 0 radical (unpaired) electrons. The maximum atomic E-state index is 4.04. The van der Waals surface area contributed by atoms with Crippen LogP contribution in [0.5, 0.6) is 0 Å². The van der Waals surface area contributed by atoms with Crippen LogP contribution in [0.4, 0.5) is 0 Å². The minimum absolute atomic E-state index is 1.06. The standard InChI is InChI=1S/C12H18BrN3/c13-3-6-15-7-9-16(10-8-15)11-12-1-4-14-5-2-12/h1-2,4-5H,3,6-11H2. The molecule has 1 saturated heterocycles. The van der Waals surface area contributed by atoms with Crippen molar-refractivity contribution in [2.24, 2.45) is 0 Å². The van der Waals surface area contributed by atoms with Gasteiger partial charge in [-0.15, -0.1) is 0 Å². The molecule has 0 aromatic carbocycles. The Morgan fingerprint density at radius 2 is 1.69 bits per heavy atom. The van der Waals surface area contributed by atoms with Crippen LogP contribution in [0.2, 0.25) is 0 Å². The Kier molecular flexibility index (Phi) is 4.75. The third-order valence-electron chi connectivity index (χ3n) is 3.02. The predicted molar refractivity (Wildman–Crippen MR) is 69.7 cm³/mol. The van der Waals surface area contributed by atoms with Crippen LogP contribution in [0.25, 0.3) is 0 Å². The molecule has 0 unspecified atom stereocenters. The Hall–Kier alpha value is -0.450. The number of alkyl halides is 1. The summed E-state index contributed by atoms with van der Waals surface area (Å²) in [4.78, 5) is 9.07. The van der Waals surface area contributed by atoms with E-state index in [0.29, 0.717) is 0 Å². The molecule has 1 aromatic rings. The lowest BCUT2D eigenvalue weighted by Crippen LogP contribution is -2.46. The molecule has 0 spiro atoms. The second kappa shape index (κ2) is 6.33. The lowest BCUT2D eigenvalue weighted by Gasteiger charge is -2.34. The van der Waals surface area contributed by atoms with Crippen LogP contribution in [0.3, 0.4) is 0 Å². The van der Waals surface area contributed by atoms with Crippen LogP contribution < -0.4 is 0 Å². The van der Waals surface area contributed by atoms with Crippen molar-refractivity contribution in [3.05, 3.63) is 30.1 Å². The first-order valence-corrected chi connectivity index (χ1v) is 6.90. The molecule has 0 saturated carbocycles. The second-order valence-corrected chi connectivity index (χ2v) is 4.96. The first-order chi connectivity index (χ1) is 7.88. The summed E-state index contributed by atoms with van der Waals surface area (Å²) in [6.45, 7) is 6.96. The zero-order chi connectivity index (χ0) is 11.2. The van der Waals surface area contributed by atoms with Gasteiger partial charge in [-0.3, -0.25) is 14.8 Å². The molecule has 0 N–H and O–H groups in total. The normalized spacial score (nSPS) is 18.8. The number of pyridine rings is 1. The molecule has 2 rings (SSSR count). The second-order valence-electron chi connectivity index (χ2n) is 4.16. The van der Waals surface area contributed by atoms with Crippen molar-refractivity contribution >= 4 is 15.9 Å². The fraction of sp³-hybridized carbons (Fsp3) is 0.583. The molecule has 1 aliphatic heterocycles. The Labute approximate surface area is 106 Å². The van der Waals surface area contributed by atoms with Crippen molar-refractivity contribution in [3.8, 4) is 0 Å². The molecule has 1 fully saturated rings. The van der Waals surface area contributed by atoms with E-state index < -0.39 is 0 Å². The molecule has 16 heavy (non-hydrogen) atoms. The third-order valence-corrected chi connectivity index (χ3v) is 3.38. The van der Waals surface area contributed by atoms with E-state index in [1.165, 1.54) is 38.3 Å². The quantitative estimate of drug-likeness (QED) is 0.783. The topological polar surface area (TPSA) is 19.4 Å². The molecule has 4 heteroatoms. The largest absolute Gasteiger partial charge is 0.300 e. The summed E-state index contributed by atoms with van der Waals surface area (Å²) < 4.78 is 0. The van der Waals surface area contributed by atoms with Gasteiger partial charge in [0.25, 0.3) is 0 Å². The molecule has 0 amide bonds. The summed E-state index contributed by atoms with van der Waals surface area (Å²) in [5.74, 6) is 0. The molecule has 1 aromatic heterocycles. The van der Waals surface area contributed by atoms with Crippen molar-refractivity contribution < 1.29 is 0 Å². The highest BCUT2D eigenvalue weighted by atomic mass is 79.9. The van der Waals surface area contributed by atoms with Crippen molar-refractivity contribution in [2.75, 3.05) is 38.1 Å². The highest BCUT2D eigenvalue weighted by Crippen LogP contribution is 2.07. The summed E-state index contributed by atoms with van der Waals surface area (Å²) >= 11 is 3.49. The van der Waals surface area contributed by atoms with Gasteiger partial charge in [-0.25, -0.2) is 0 Å². The number of nitrogens with zero attached hydrogens (tertiary/aromatic N) is 3. The highest BCUT2D eigenvalue weighted by molar-refractivity contribution is 9.09. The summed E-state index contributed by atoms with van der Waals surface area (Å²) in [5.41, 5.74) is 1.36. The molecule has 1 aliphatic rings. The summed E-state index contributed by atoms with van der Waals surface area (Å²) in [6.07, 6.45) is 3.74. The third kappa shape index (κ3) is 3.54. The fourth-order valence-electron chi connectivity index (χ4n) is 2.04. The highest BCUT2D eigenvalue weighted by Gasteiger charge is 2.15. The number of aromatic nitrogens is 1. The average Bonchev–Trinajstić information content (AvgIpc) is 2.33. The number of rotatable bonds is 4. The van der Waals surface area contributed by atoms with Crippen LogP contribution in [0, 0.1) is 0 Å². The smallest absolute Gasteiger partial charge is 0.0271 e. The summed E-state index contributed by atoms with van der Waals surface area (Å²) in [7, 11) is 0. The first-order valence-electron chi connectivity index (χ1n) is 5.78. The Bertz CT molecular complexity index is 296. The van der Waals surface area contributed by atoms with Crippen molar-refractivity contribution in [1.29, 1.82) is 0 Å². The molecule has 2 heterocycles. The van der Waals surface area contributed by atoms with E-state index in [1.807, 2.05) is 12.4 Å². The van der Waals surface area contributed by atoms with Gasteiger partial charge in [0.15, 0.2) is 0 Å². The molecule has 0 atom stereocenters. The minimum Gasteiger partial charge on any atom is -0.300 e. The Morgan fingerprint density at radius 3 is 2.31 bits per heavy atom. The van der Waals surface area contributed by atoms with Crippen LogP contribution in [-0.2, 0) is 6.54 Å². The Balaban J connectivity index is 1.77. The number of piperazine rings is 1. The zero-order valence-electron chi connectivity index (χ0n) is 9.48. The van der Waals surface area contributed by atoms with Gasteiger partial charge in [0.2, 0.25) is 0 Å². The summed E-state index contributed by atoms with van der Waals surface area (Å²) in [6, 6.07) is 4.20. The fourth-order valence-corrected chi connectivity index (χ4v) is 2.54. The van der Waals surface area contributed by atoms with E-state index in [-0.39, 0.29) is 0 Å². The van der Waals surface area contributed by atoms with E-state index in [0.717, 1.165) is 11.9 Å². The van der Waals surface area contributed by atoms with Crippen LogP contribution in [0.15, 0.2) is 24.5 Å². The van der Waals surface area contributed by atoms with Gasteiger partial charge >= 0.3 is 0 Å². The van der Waals surface area contributed by atoms with Crippen molar-refractivity contribution in [2.45, 2.75) is 6.54 Å². The lowest BCUT2D eigenvalue weighted by molar-refractivity contribution is 0.133. The maximum Gasteiger partial charge on any atom is 0.0271 e. The van der Waals surface area contributed by atoms with Gasteiger partial charge in [0.1, 0.15) is 0 Å². The molecule has 0 aliphatic carbocycles. The zero-order valence-corrected chi connectivity index (χ0v) is 11.1. The van der Waals surface area contributed by atoms with E-state index in [1.54, 1.807) is 0 Å². The molecular formula is C12H18BrN3. The monoisotopic (exact) mass is 283 g/mol. The van der Waals surface area contributed by atoms with E-state index in [9.17, 15) is 0 Å². The van der Waals surface area contributed by atoms with Gasteiger partial charge in [-0.1, -0.05) is 15.9 Å². The average molecular weight is 284 g/mol. The first kappa shape index (κ1) is 12.0. The van der Waals surface area contributed by atoms with Gasteiger partial charge in [-0.2, -0.15) is 0 Å². The molecule has 0 bridgehead atoms. The number of hydrogen-bond acceptors (Lipinski definition) is 3. The van der Waals surface area contributed by atoms with Crippen LogP contribution >= 0.6 is 15.9 Å². The molecule has 3 nitrogen and oxygen atoms in total. The van der Waals surface area contributed by atoms with Crippen LogP contribution in [-0.4, -0.2) is 52.8 Å². The van der Waals surface area contributed by atoms with Gasteiger partial charge in [0, 0.05) is 57.0 Å². The summed E-state index contributed by atoms with van der Waals surface area (Å²) in [5, 5.41) is 1.08. The maximum absolute atomic E-state index is 4.04. The SMILES string of the molecule is BrCCN1CCN(Cc2ccncc2)CC1. The van der Waals surface area contributed by atoms with Crippen molar-refractivity contribution in [3.63, 3.8) is 0 Å². The lowest BCUT2D eigenvalue weighted by atomic mass is 10.2. The minimum atomic E-state index is 1.06. The van der Waals surface area contributed by atoms with Gasteiger partial charge in [-0.05, 0) is 17.7 Å². The van der Waals surface area contributed by atoms with E-state index in [4.69, 9.17) is 0 Å². The number of halogens is 1. The van der Waals surface area contributed by atoms with E-state index >= 15 is 0 Å². The molecular weight excluding hydrogens is 266 g/mol.